The van der Waals surface area contributed by atoms with Crippen LogP contribution in [0.5, 0.6) is 0 Å². The summed E-state index contributed by atoms with van der Waals surface area (Å²) >= 11 is 0. The summed E-state index contributed by atoms with van der Waals surface area (Å²) < 4.78 is 5.62. The maximum absolute atomic E-state index is 13.7. The van der Waals surface area contributed by atoms with E-state index in [2.05, 4.69) is 30.0 Å². The molecule has 1 aliphatic heterocycles. The van der Waals surface area contributed by atoms with Crippen LogP contribution in [-0.2, 0) is 21.5 Å². The number of methoxy groups -OCH3 is 1. The molecule has 1 amide bonds. The summed E-state index contributed by atoms with van der Waals surface area (Å²) in [6.45, 7) is 1.95. The smallest absolute Gasteiger partial charge is 0.260 e. The number of carbonyl (C=O) groups is 1. The van der Waals surface area contributed by atoms with Gasteiger partial charge in [-0.25, -0.2) is 0 Å². The summed E-state index contributed by atoms with van der Waals surface area (Å²) in [7, 11) is 3.66. The molecule has 0 aromatic heterocycles. The van der Waals surface area contributed by atoms with Crippen molar-refractivity contribution in [1.82, 2.24) is 4.90 Å². The van der Waals surface area contributed by atoms with Gasteiger partial charge in [-0.05, 0) is 75.1 Å². The molecule has 1 heterocycles. The molecule has 0 radical (unpaired) electrons. The SMILES string of the molecule is COC1CCC2(CC1)Cc1ccc(C#CC3CC3)cc1C21N=C(C)N(C)C1=O. The molecular formula is C24H28N2O2. The van der Waals surface area contributed by atoms with Crippen LogP contribution in [0.2, 0.25) is 0 Å². The van der Waals surface area contributed by atoms with Gasteiger partial charge >= 0.3 is 0 Å². The molecule has 3 aliphatic carbocycles. The van der Waals surface area contributed by atoms with E-state index in [0.717, 1.165) is 49.1 Å². The Morgan fingerprint density at radius 1 is 1.21 bits per heavy atom. The highest BCUT2D eigenvalue weighted by Gasteiger charge is 2.65. The molecule has 2 spiro atoms. The molecule has 1 aromatic carbocycles. The molecule has 0 bridgehead atoms. The van der Waals surface area contributed by atoms with Gasteiger partial charge in [0.25, 0.3) is 5.91 Å². The Labute approximate surface area is 167 Å². The first kappa shape index (κ1) is 17.9. The normalized spacial score (nSPS) is 33.8. The van der Waals surface area contributed by atoms with E-state index in [4.69, 9.17) is 9.73 Å². The van der Waals surface area contributed by atoms with Crippen molar-refractivity contribution in [2.75, 3.05) is 14.2 Å². The predicted molar refractivity (Wildman–Crippen MR) is 109 cm³/mol. The van der Waals surface area contributed by atoms with Gasteiger partial charge in [-0.3, -0.25) is 9.79 Å². The third-order valence-corrected chi connectivity index (χ3v) is 7.45. The maximum atomic E-state index is 13.7. The third-order valence-electron chi connectivity index (χ3n) is 7.45. The van der Waals surface area contributed by atoms with Gasteiger partial charge in [-0.1, -0.05) is 17.9 Å². The lowest BCUT2D eigenvalue weighted by atomic mass is 9.61. The standard InChI is InChI=1S/C24H28N2O2/c1-16-25-24(22(27)26(16)2)21-14-18(7-6-17-4-5-17)8-9-19(21)15-23(24)12-10-20(28-3)11-13-23/h8-9,14,17,20H,4-5,10-13,15H2,1-3H3. The van der Waals surface area contributed by atoms with Crippen molar-refractivity contribution >= 4 is 11.7 Å². The summed E-state index contributed by atoms with van der Waals surface area (Å²) in [5.41, 5.74) is 2.46. The number of hydrogen-bond donors (Lipinski definition) is 0. The minimum atomic E-state index is -0.781. The van der Waals surface area contributed by atoms with Crippen molar-refractivity contribution in [3.8, 4) is 11.8 Å². The van der Waals surface area contributed by atoms with E-state index < -0.39 is 5.54 Å². The molecule has 4 aliphatic rings. The molecular weight excluding hydrogens is 348 g/mol. The summed E-state index contributed by atoms with van der Waals surface area (Å²) in [4.78, 5) is 20.5. The molecule has 1 aromatic rings. The van der Waals surface area contributed by atoms with Crippen LogP contribution >= 0.6 is 0 Å². The zero-order valence-corrected chi connectivity index (χ0v) is 17.0. The van der Waals surface area contributed by atoms with Crippen LogP contribution < -0.4 is 0 Å². The zero-order chi connectivity index (χ0) is 19.5. The number of benzene rings is 1. The Morgan fingerprint density at radius 2 is 1.96 bits per heavy atom. The van der Waals surface area contributed by atoms with Crippen LogP contribution in [0.15, 0.2) is 23.2 Å². The zero-order valence-electron chi connectivity index (χ0n) is 17.0. The fourth-order valence-corrected chi connectivity index (χ4v) is 5.53. The largest absolute Gasteiger partial charge is 0.381 e. The monoisotopic (exact) mass is 376 g/mol. The molecule has 2 saturated carbocycles. The van der Waals surface area contributed by atoms with Gasteiger partial charge in [0.05, 0.1) is 6.10 Å². The van der Waals surface area contributed by atoms with E-state index >= 15 is 0 Å². The van der Waals surface area contributed by atoms with Crippen molar-refractivity contribution in [2.24, 2.45) is 16.3 Å². The number of amides is 1. The summed E-state index contributed by atoms with van der Waals surface area (Å²) in [6, 6.07) is 6.48. The number of carbonyl (C=O) groups excluding carboxylic acids is 1. The van der Waals surface area contributed by atoms with Crippen LogP contribution in [0.3, 0.4) is 0 Å². The maximum Gasteiger partial charge on any atom is 0.260 e. The van der Waals surface area contributed by atoms with E-state index in [1.54, 1.807) is 12.0 Å². The van der Waals surface area contributed by atoms with Gasteiger partial charge in [-0.2, -0.15) is 0 Å². The van der Waals surface area contributed by atoms with Gasteiger partial charge in [0.2, 0.25) is 0 Å². The second-order valence-corrected chi connectivity index (χ2v) is 9.04. The number of amidine groups is 1. The van der Waals surface area contributed by atoms with Gasteiger partial charge in [0.15, 0.2) is 5.54 Å². The second kappa shape index (κ2) is 6.19. The molecule has 1 atom stereocenters. The lowest BCUT2D eigenvalue weighted by Gasteiger charge is -2.45. The molecule has 4 nitrogen and oxygen atoms in total. The number of aliphatic imine (C=N–C) groups is 1. The van der Waals surface area contributed by atoms with Crippen molar-refractivity contribution in [3.05, 3.63) is 34.9 Å². The molecule has 5 rings (SSSR count). The molecule has 4 heteroatoms. The van der Waals surface area contributed by atoms with Gasteiger partial charge < -0.3 is 9.64 Å². The Morgan fingerprint density at radius 3 is 2.57 bits per heavy atom. The summed E-state index contributed by atoms with van der Waals surface area (Å²) in [6.07, 6.45) is 7.59. The molecule has 28 heavy (non-hydrogen) atoms. The summed E-state index contributed by atoms with van der Waals surface area (Å²) in [5, 5.41) is 0. The van der Waals surface area contributed by atoms with Crippen molar-refractivity contribution in [1.29, 1.82) is 0 Å². The fourth-order valence-electron chi connectivity index (χ4n) is 5.53. The van der Waals surface area contributed by atoms with E-state index in [0.29, 0.717) is 12.0 Å². The number of rotatable bonds is 1. The molecule has 1 unspecified atom stereocenters. The molecule has 0 saturated heterocycles. The molecule has 0 N–H and O–H groups in total. The molecule has 2 fully saturated rings. The van der Waals surface area contributed by atoms with Crippen LogP contribution in [0.25, 0.3) is 0 Å². The van der Waals surface area contributed by atoms with Crippen molar-refractivity contribution in [3.63, 3.8) is 0 Å². The van der Waals surface area contributed by atoms with Crippen LogP contribution in [0, 0.1) is 23.2 Å². The van der Waals surface area contributed by atoms with Gasteiger partial charge in [-0.15, -0.1) is 0 Å². The Kier molecular flexibility index (Phi) is 3.97. The van der Waals surface area contributed by atoms with E-state index in [9.17, 15) is 4.79 Å². The topological polar surface area (TPSA) is 41.9 Å². The first-order chi connectivity index (χ1) is 13.5. The number of ether oxygens (including phenoxy) is 1. The van der Waals surface area contributed by atoms with Crippen molar-refractivity contribution in [2.45, 2.75) is 63.5 Å². The van der Waals surface area contributed by atoms with Crippen LogP contribution in [-0.4, -0.2) is 36.9 Å². The third kappa shape index (κ3) is 2.42. The summed E-state index contributed by atoms with van der Waals surface area (Å²) in [5.74, 6) is 8.22. The lowest BCUT2D eigenvalue weighted by Crippen LogP contribution is -2.51. The van der Waals surface area contributed by atoms with Gasteiger partial charge in [0.1, 0.15) is 5.84 Å². The van der Waals surface area contributed by atoms with E-state index in [-0.39, 0.29) is 11.3 Å². The van der Waals surface area contributed by atoms with Crippen molar-refractivity contribution < 1.29 is 9.53 Å². The highest BCUT2D eigenvalue weighted by Crippen LogP contribution is 2.62. The number of hydrogen-bond acceptors (Lipinski definition) is 3. The van der Waals surface area contributed by atoms with Crippen LogP contribution in [0.4, 0.5) is 0 Å². The average Bonchev–Trinajstić information content (AvgIpc) is 3.47. The highest BCUT2D eigenvalue weighted by atomic mass is 16.5. The quantitative estimate of drug-likeness (QED) is 0.702. The average molecular weight is 377 g/mol. The predicted octanol–water partition coefficient (Wildman–Crippen LogP) is 3.67. The molecule has 146 valence electrons. The number of likely N-dealkylation sites (N-methyl/N-ethyl adjacent to an activating group) is 1. The van der Waals surface area contributed by atoms with Crippen LogP contribution in [0.1, 0.15) is 62.1 Å². The number of nitrogens with zero attached hydrogens (tertiary/aromatic N) is 2. The minimum absolute atomic E-state index is 0.131. The minimum Gasteiger partial charge on any atom is -0.381 e. The Balaban J connectivity index is 1.63. The highest BCUT2D eigenvalue weighted by molar-refractivity contribution is 6.08. The first-order valence-electron chi connectivity index (χ1n) is 10.5. The Hall–Kier alpha value is -2.12. The second-order valence-electron chi connectivity index (χ2n) is 9.04. The van der Waals surface area contributed by atoms with E-state index in [1.165, 1.54) is 18.4 Å². The number of fused-ring (bicyclic) bond motifs is 3. The lowest BCUT2D eigenvalue weighted by molar-refractivity contribution is -0.137. The first-order valence-corrected chi connectivity index (χ1v) is 10.5. The van der Waals surface area contributed by atoms with Gasteiger partial charge in [0, 0.05) is 31.1 Å². The fraction of sp³-hybridized carbons (Fsp3) is 0.583. The Bertz CT molecular complexity index is 926. The van der Waals surface area contributed by atoms with E-state index in [1.807, 2.05) is 14.0 Å².